The first-order chi connectivity index (χ1) is 13.2. The zero-order valence-corrected chi connectivity index (χ0v) is 16.8. The van der Waals surface area contributed by atoms with E-state index in [0.717, 1.165) is 34.4 Å². The van der Waals surface area contributed by atoms with Crippen LogP contribution in [0.3, 0.4) is 0 Å². The number of hydrogen-bond donors (Lipinski definition) is 1. The minimum absolute atomic E-state index is 0.0761. The summed E-state index contributed by atoms with van der Waals surface area (Å²) in [5.41, 5.74) is 0.997. The van der Waals surface area contributed by atoms with Crippen LogP contribution in [0.4, 0.5) is 0 Å². The summed E-state index contributed by atoms with van der Waals surface area (Å²) in [5, 5.41) is 14.5. The van der Waals surface area contributed by atoms with Crippen molar-refractivity contribution in [3.63, 3.8) is 0 Å². The lowest BCUT2D eigenvalue weighted by atomic mass is 10.2. The van der Waals surface area contributed by atoms with Crippen molar-refractivity contribution < 1.29 is 4.79 Å². The molecule has 2 heterocycles. The lowest BCUT2D eigenvalue weighted by Crippen LogP contribution is -2.37. The molecule has 2 aromatic heterocycles. The van der Waals surface area contributed by atoms with Gasteiger partial charge in [0.2, 0.25) is 5.91 Å². The molecule has 3 aromatic rings. The fourth-order valence-corrected chi connectivity index (χ4v) is 4.90. The zero-order valence-electron chi connectivity index (χ0n) is 15.2. The Hall–Kier alpha value is -2.12. The molecule has 0 unspecified atom stereocenters. The fraction of sp³-hybridized carbons (Fsp3) is 0.350. The highest BCUT2D eigenvalue weighted by molar-refractivity contribution is 8.00. The van der Waals surface area contributed by atoms with E-state index in [0.29, 0.717) is 6.04 Å². The highest BCUT2D eigenvalue weighted by atomic mass is 32.2. The quantitative estimate of drug-likeness (QED) is 0.620. The summed E-state index contributed by atoms with van der Waals surface area (Å²) in [7, 11) is 0. The molecule has 7 heteroatoms. The van der Waals surface area contributed by atoms with Gasteiger partial charge in [0.05, 0.1) is 10.1 Å². The number of nitrogens with one attached hydrogen (secondary N) is 1. The molecule has 0 radical (unpaired) electrons. The van der Waals surface area contributed by atoms with Crippen molar-refractivity contribution in [1.82, 2.24) is 20.1 Å². The predicted octanol–water partition coefficient (Wildman–Crippen LogP) is 4.54. The van der Waals surface area contributed by atoms with Crippen molar-refractivity contribution in [2.24, 2.45) is 0 Å². The molecular formula is C20H22N4OS2. The van der Waals surface area contributed by atoms with Crippen molar-refractivity contribution in [1.29, 1.82) is 0 Å². The number of para-hydroxylation sites is 1. The molecule has 1 fully saturated rings. The van der Waals surface area contributed by atoms with Gasteiger partial charge >= 0.3 is 0 Å². The van der Waals surface area contributed by atoms with Gasteiger partial charge < -0.3 is 5.32 Å². The molecule has 1 atom stereocenters. The number of benzene rings is 1. The molecule has 0 aliphatic heterocycles. The van der Waals surface area contributed by atoms with E-state index in [2.05, 4.69) is 15.5 Å². The third kappa shape index (κ3) is 4.09. The van der Waals surface area contributed by atoms with Crippen LogP contribution >= 0.6 is 23.1 Å². The number of thiophene rings is 1. The number of carbonyl (C=O) groups is 1. The number of carbonyl (C=O) groups excluding carboxylic acids is 1. The second-order valence-corrected chi connectivity index (χ2v) is 8.96. The minimum atomic E-state index is -0.228. The molecule has 1 aliphatic carbocycles. The van der Waals surface area contributed by atoms with Gasteiger partial charge in [0.25, 0.3) is 0 Å². The average molecular weight is 399 g/mol. The first-order valence-electron chi connectivity index (χ1n) is 9.24. The van der Waals surface area contributed by atoms with Crippen LogP contribution in [-0.4, -0.2) is 32.0 Å². The fourth-order valence-electron chi connectivity index (χ4n) is 3.32. The van der Waals surface area contributed by atoms with Crippen LogP contribution < -0.4 is 5.32 Å². The van der Waals surface area contributed by atoms with E-state index in [1.54, 1.807) is 11.3 Å². The molecule has 0 saturated heterocycles. The Balaban J connectivity index is 1.59. The average Bonchev–Trinajstić information content (AvgIpc) is 3.44. The van der Waals surface area contributed by atoms with Crippen LogP contribution in [-0.2, 0) is 4.79 Å². The first kappa shape index (κ1) is 18.3. The maximum Gasteiger partial charge on any atom is 0.233 e. The van der Waals surface area contributed by atoms with Gasteiger partial charge in [-0.25, -0.2) is 0 Å². The maximum absolute atomic E-state index is 12.6. The van der Waals surface area contributed by atoms with Crippen LogP contribution in [0.1, 0.15) is 32.6 Å². The van der Waals surface area contributed by atoms with Crippen molar-refractivity contribution in [3.8, 4) is 16.4 Å². The third-order valence-corrected chi connectivity index (χ3v) is 6.65. The smallest absolute Gasteiger partial charge is 0.233 e. The second-order valence-electron chi connectivity index (χ2n) is 6.70. The molecule has 27 heavy (non-hydrogen) atoms. The Labute approximate surface area is 167 Å². The normalized spacial score (nSPS) is 15.7. The van der Waals surface area contributed by atoms with Crippen molar-refractivity contribution in [3.05, 3.63) is 47.8 Å². The summed E-state index contributed by atoms with van der Waals surface area (Å²) in [6.45, 7) is 1.93. The van der Waals surface area contributed by atoms with Crippen LogP contribution in [0, 0.1) is 0 Å². The monoisotopic (exact) mass is 398 g/mol. The molecule has 0 spiro atoms. The molecule has 0 bridgehead atoms. The molecule has 1 amide bonds. The molecule has 1 saturated carbocycles. The lowest BCUT2D eigenvalue weighted by molar-refractivity contribution is -0.120. The molecule has 4 rings (SSSR count). The second kappa shape index (κ2) is 8.27. The van der Waals surface area contributed by atoms with Gasteiger partial charge in [0.15, 0.2) is 11.0 Å². The van der Waals surface area contributed by atoms with E-state index in [4.69, 9.17) is 0 Å². The highest BCUT2D eigenvalue weighted by Crippen LogP contribution is 2.32. The van der Waals surface area contributed by atoms with Gasteiger partial charge in [-0.15, -0.1) is 21.5 Å². The standard InChI is InChI=1S/C20H22N4OS2/c1-14(19(25)21-15-8-5-6-9-15)27-20-23-22-18(17-12-7-13-26-17)24(20)16-10-3-2-4-11-16/h2-4,7,10-15H,5-6,8-9H2,1H3,(H,21,25)/t14-/m1/s1. The van der Waals surface area contributed by atoms with Gasteiger partial charge in [-0.1, -0.05) is 48.9 Å². The Morgan fingerprint density at radius 3 is 2.67 bits per heavy atom. The van der Waals surface area contributed by atoms with Crippen LogP contribution in [0.25, 0.3) is 16.4 Å². The summed E-state index contributed by atoms with van der Waals surface area (Å²) in [6, 6.07) is 14.4. The van der Waals surface area contributed by atoms with E-state index >= 15 is 0 Å². The Morgan fingerprint density at radius 1 is 1.19 bits per heavy atom. The van der Waals surface area contributed by atoms with E-state index in [1.165, 1.54) is 24.6 Å². The third-order valence-electron chi connectivity index (χ3n) is 4.74. The first-order valence-corrected chi connectivity index (χ1v) is 11.0. The van der Waals surface area contributed by atoms with Crippen molar-refractivity contribution >= 4 is 29.0 Å². The number of amides is 1. The van der Waals surface area contributed by atoms with Gasteiger partial charge in [-0.05, 0) is 43.3 Å². The van der Waals surface area contributed by atoms with E-state index in [1.807, 2.05) is 59.3 Å². The predicted molar refractivity (Wildman–Crippen MR) is 110 cm³/mol. The molecule has 1 aromatic carbocycles. The van der Waals surface area contributed by atoms with Gasteiger partial charge in [0.1, 0.15) is 0 Å². The molecule has 1 N–H and O–H groups in total. The van der Waals surface area contributed by atoms with Crippen molar-refractivity contribution in [2.45, 2.75) is 49.1 Å². The van der Waals surface area contributed by atoms with Crippen molar-refractivity contribution in [2.75, 3.05) is 0 Å². The zero-order chi connectivity index (χ0) is 18.6. The number of aromatic nitrogens is 3. The number of nitrogens with zero attached hydrogens (tertiary/aromatic N) is 3. The summed E-state index contributed by atoms with van der Waals surface area (Å²) >= 11 is 3.09. The van der Waals surface area contributed by atoms with Crippen LogP contribution in [0.5, 0.6) is 0 Å². The topological polar surface area (TPSA) is 59.8 Å². The molecule has 5 nitrogen and oxygen atoms in total. The summed E-state index contributed by atoms with van der Waals surface area (Å²) in [4.78, 5) is 13.7. The number of rotatable bonds is 6. The number of thioether (sulfide) groups is 1. The van der Waals surface area contributed by atoms with E-state index < -0.39 is 0 Å². The minimum Gasteiger partial charge on any atom is -0.352 e. The van der Waals surface area contributed by atoms with Gasteiger partial charge in [-0.3, -0.25) is 9.36 Å². The summed E-state index contributed by atoms with van der Waals surface area (Å²) in [6.07, 6.45) is 4.59. The Kier molecular flexibility index (Phi) is 5.59. The van der Waals surface area contributed by atoms with E-state index in [9.17, 15) is 4.79 Å². The largest absolute Gasteiger partial charge is 0.352 e. The van der Waals surface area contributed by atoms with E-state index in [-0.39, 0.29) is 11.2 Å². The Morgan fingerprint density at radius 2 is 1.96 bits per heavy atom. The lowest BCUT2D eigenvalue weighted by Gasteiger charge is -2.16. The van der Waals surface area contributed by atoms with Crippen LogP contribution in [0.2, 0.25) is 0 Å². The SMILES string of the molecule is C[C@@H](Sc1nnc(-c2cccs2)n1-c1ccccc1)C(=O)NC1CCCC1. The summed E-state index contributed by atoms with van der Waals surface area (Å²) < 4.78 is 2.04. The highest BCUT2D eigenvalue weighted by Gasteiger charge is 2.24. The molecule has 140 valence electrons. The summed E-state index contributed by atoms with van der Waals surface area (Å²) in [5.74, 6) is 0.884. The van der Waals surface area contributed by atoms with Gasteiger partial charge in [-0.2, -0.15) is 0 Å². The van der Waals surface area contributed by atoms with Gasteiger partial charge in [0, 0.05) is 11.7 Å². The van der Waals surface area contributed by atoms with Crippen LogP contribution in [0.15, 0.2) is 53.0 Å². The molecule has 1 aliphatic rings. The molecular weight excluding hydrogens is 376 g/mol. The maximum atomic E-state index is 12.6. The number of hydrogen-bond acceptors (Lipinski definition) is 5. The Bertz CT molecular complexity index is 886.